The van der Waals surface area contributed by atoms with Crippen molar-refractivity contribution in [1.29, 1.82) is 0 Å². The topological polar surface area (TPSA) is 21.3 Å². The summed E-state index contributed by atoms with van der Waals surface area (Å²) in [7, 11) is 0. The van der Waals surface area contributed by atoms with Crippen molar-refractivity contribution in [1.82, 2.24) is 5.32 Å². The van der Waals surface area contributed by atoms with Gasteiger partial charge in [-0.15, -0.1) is 0 Å². The van der Waals surface area contributed by atoms with E-state index in [4.69, 9.17) is 27.9 Å². The molecular weight excluding hydrogens is 314 g/mol. The molecule has 0 fully saturated rings. The van der Waals surface area contributed by atoms with E-state index in [0.29, 0.717) is 22.3 Å². The lowest BCUT2D eigenvalue weighted by Gasteiger charge is -2.14. The van der Waals surface area contributed by atoms with E-state index < -0.39 is 12.6 Å². The molecule has 7 heteroatoms. The Morgan fingerprint density at radius 3 is 2.55 bits per heavy atom. The summed E-state index contributed by atoms with van der Waals surface area (Å²) in [4.78, 5) is 0. The van der Waals surface area contributed by atoms with Crippen molar-refractivity contribution in [3.05, 3.63) is 27.7 Å². The molecule has 0 radical (unpaired) electrons. The number of ether oxygens (including phenoxy) is 1. The second-order valence-corrected chi connectivity index (χ2v) is 5.07. The van der Waals surface area contributed by atoms with E-state index in [9.17, 15) is 13.2 Å². The number of halogens is 5. The highest BCUT2D eigenvalue weighted by Gasteiger charge is 2.26. The van der Waals surface area contributed by atoms with Crippen molar-refractivity contribution in [2.75, 3.05) is 13.2 Å². The Morgan fingerprint density at radius 1 is 1.25 bits per heavy atom. The molecule has 0 unspecified atom stereocenters. The number of benzene rings is 1. The molecule has 0 aliphatic heterocycles. The normalized spacial score (nSPS) is 11.7. The van der Waals surface area contributed by atoms with Crippen LogP contribution in [0.5, 0.6) is 5.75 Å². The SMILES string of the molecule is CCNCc1cc(Cl)cc(Cl)c1OCCCC(F)(F)F. The van der Waals surface area contributed by atoms with E-state index in [1.165, 1.54) is 6.07 Å². The molecule has 1 aromatic carbocycles. The number of hydrogen-bond acceptors (Lipinski definition) is 2. The standard InChI is InChI=1S/C13H16Cl2F3NO/c1-2-19-8-9-6-10(14)7-11(15)12(9)20-5-3-4-13(16,17)18/h6-7,19H,2-5,8H2,1H3. The lowest BCUT2D eigenvalue weighted by atomic mass is 10.2. The fourth-order valence-corrected chi connectivity index (χ4v) is 2.20. The molecule has 20 heavy (non-hydrogen) atoms. The van der Waals surface area contributed by atoms with Gasteiger partial charge in [0.15, 0.2) is 0 Å². The van der Waals surface area contributed by atoms with Crippen LogP contribution in [0.25, 0.3) is 0 Å². The van der Waals surface area contributed by atoms with Gasteiger partial charge in [-0.25, -0.2) is 0 Å². The van der Waals surface area contributed by atoms with E-state index in [0.717, 1.165) is 12.1 Å². The quantitative estimate of drug-likeness (QED) is 0.724. The second kappa shape index (κ2) is 7.96. The molecule has 114 valence electrons. The third kappa shape index (κ3) is 6.20. The fourth-order valence-electron chi connectivity index (χ4n) is 1.61. The Morgan fingerprint density at radius 2 is 1.95 bits per heavy atom. The first kappa shape index (κ1) is 17.4. The van der Waals surface area contributed by atoms with Crippen LogP contribution in [0, 0.1) is 0 Å². The van der Waals surface area contributed by atoms with E-state index in [2.05, 4.69) is 5.32 Å². The summed E-state index contributed by atoms with van der Waals surface area (Å²) in [6.45, 7) is 3.14. The highest BCUT2D eigenvalue weighted by atomic mass is 35.5. The van der Waals surface area contributed by atoms with Gasteiger partial charge in [-0.3, -0.25) is 0 Å². The lowest BCUT2D eigenvalue weighted by molar-refractivity contribution is -0.136. The van der Waals surface area contributed by atoms with Gasteiger partial charge in [-0.2, -0.15) is 13.2 Å². The third-order valence-corrected chi connectivity index (χ3v) is 3.00. The predicted molar refractivity (Wildman–Crippen MR) is 74.6 cm³/mol. The van der Waals surface area contributed by atoms with Crippen LogP contribution in [0.3, 0.4) is 0 Å². The van der Waals surface area contributed by atoms with Gasteiger partial charge < -0.3 is 10.1 Å². The molecular formula is C13H16Cl2F3NO. The van der Waals surface area contributed by atoms with Crippen molar-refractivity contribution in [2.24, 2.45) is 0 Å². The molecule has 0 aromatic heterocycles. The van der Waals surface area contributed by atoms with Crippen molar-refractivity contribution in [3.63, 3.8) is 0 Å². The predicted octanol–water partition coefficient (Wildman–Crippen LogP) is 4.82. The van der Waals surface area contributed by atoms with Crippen LogP contribution in [-0.4, -0.2) is 19.3 Å². The average Bonchev–Trinajstić information content (AvgIpc) is 2.32. The van der Waals surface area contributed by atoms with Gasteiger partial charge in [-0.1, -0.05) is 30.1 Å². The number of rotatable bonds is 7. The van der Waals surface area contributed by atoms with Gasteiger partial charge in [-0.05, 0) is 25.1 Å². The van der Waals surface area contributed by atoms with Crippen molar-refractivity contribution in [2.45, 2.75) is 32.5 Å². The zero-order valence-corrected chi connectivity index (χ0v) is 12.5. The molecule has 0 spiro atoms. The Hall–Kier alpha value is -0.650. The van der Waals surface area contributed by atoms with E-state index >= 15 is 0 Å². The minimum absolute atomic E-state index is 0.0417. The van der Waals surface area contributed by atoms with Gasteiger partial charge in [0.1, 0.15) is 5.75 Å². The number of nitrogens with one attached hydrogen (secondary N) is 1. The third-order valence-electron chi connectivity index (χ3n) is 2.50. The van der Waals surface area contributed by atoms with Crippen LogP contribution in [0.1, 0.15) is 25.3 Å². The first-order chi connectivity index (χ1) is 9.33. The zero-order valence-electron chi connectivity index (χ0n) is 11.0. The summed E-state index contributed by atoms with van der Waals surface area (Å²) in [5, 5.41) is 3.86. The van der Waals surface area contributed by atoms with Gasteiger partial charge >= 0.3 is 6.18 Å². The second-order valence-electron chi connectivity index (χ2n) is 4.22. The van der Waals surface area contributed by atoms with Crippen molar-refractivity contribution in [3.8, 4) is 5.75 Å². The first-order valence-electron chi connectivity index (χ1n) is 6.21. The molecule has 0 atom stereocenters. The van der Waals surface area contributed by atoms with Crippen molar-refractivity contribution >= 4 is 23.2 Å². The molecule has 0 aliphatic rings. The van der Waals surface area contributed by atoms with Gasteiger partial charge in [0.2, 0.25) is 0 Å². The minimum atomic E-state index is -4.17. The van der Waals surface area contributed by atoms with Crippen LogP contribution in [0.15, 0.2) is 12.1 Å². The molecule has 0 bridgehead atoms. The average molecular weight is 330 g/mol. The van der Waals surface area contributed by atoms with E-state index in [1.54, 1.807) is 6.07 Å². The molecule has 0 amide bonds. The van der Waals surface area contributed by atoms with E-state index in [1.807, 2.05) is 6.92 Å². The molecule has 1 N–H and O–H groups in total. The molecule has 0 heterocycles. The summed E-state index contributed by atoms with van der Waals surface area (Å²) in [5.41, 5.74) is 0.733. The van der Waals surface area contributed by atoms with Crippen molar-refractivity contribution < 1.29 is 17.9 Å². The molecule has 0 saturated carbocycles. The number of hydrogen-bond donors (Lipinski definition) is 1. The molecule has 0 aliphatic carbocycles. The maximum Gasteiger partial charge on any atom is 0.389 e. The van der Waals surface area contributed by atoms with Crippen LogP contribution in [0.4, 0.5) is 13.2 Å². The summed E-state index contributed by atoms with van der Waals surface area (Å²) in [6.07, 6.45) is -5.15. The number of alkyl halides is 3. The summed E-state index contributed by atoms with van der Waals surface area (Å²) in [6, 6.07) is 3.20. The molecule has 0 saturated heterocycles. The first-order valence-corrected chi connectivity index (χ1v) is 6.97. The van der Waals surface area contributed by atoms with Gasteiger partial charge in [0.05, 0.1) is 11.6 Å². The minimum Gasteiger partial charge on any atom is -0.492 e. The highest BCUT2D eigenvalue weighted by molar-refractivity contribution is 6.35. The smallest absolute Gasteiger partial charge is 0.389 e. The maximum absolute atomic E-state index is 12.1. The van der Waals surface area contributed by atoms with Crippen LogP contribution in [-0.2, 0) is 6.54 Å². The largest absolute Gasteiger partial charge is 0.492 e. The van der Waals surface area contributed by atoms with Crippen LogP contribution >= 0.6 is 23.2 Å². The van der Waals surface area contributed by atoms with E-state index in [-0.39, 0.29) is 13.0 Å². The monoisotopic (exact) mass is 329 g/mol. The summed E-state index contributed by atoms with van der Waals surface area (Å²) >= 11 is 11.9. The molecule has 2 nitrogen and oxygen atoms in total. The highest BCUT2D eigenvalue weighted by Crippen LogP contribution is 2.33. The van der Waals surface area contributed by atoms with Crippen LogP contribution < -0.4 is 10.1 Å². The fraction of sp³-hybridized carbons (Fsp3) is 0.538. The maximum atomic E-state index is 12.1. The zero-order chi connectivity index (χ0) is 15.2. The Labute approximate surface area is 126 Å². The Kier molecular flexibility index (Phi) is 6.92. The lowest BCUT2D eigenvalue weighted by Crippen LogP contribution is -2.14. The van der Waals surface area contributed by atoms with Gasteiger partial charge in [0, 0.05) is 23.6 Å². The Bertz CT molecular complexity index is 438. The molecule has 1 aromatic rings. The van der Waals surface area contributed by atoms with Gasteiger partial charge in [0.25, 0.3) is 0 Å². The summed E-state index contributed by atoms with van der Waals surface area (Å²) in [5.74, 6) is 0.388. The van der Waals surface area contributed by atoms with Crippen LogP contribution in [0.2, 0.25) is 10.0 Å². The summed E-state index contributed by atoms with van der Waals surface area (Å²) < 4.78 is 41.5. The Balaban J connectivity index is 2.67. The molecule has 1 rings (SSSR count).